The summed E-state index contributed by atoms with van der Waals surface area (Å²) in [7, 11) is 0. The molecule has 1 aromatic rings. The molecule has 0 bridgehead atoms. The van der Waals surface area contributed by atoms with Crippen molar-refractivity contribution >= 4 is 0 Å². The largest absolute Gasteiger partial charge is 0.486 e. The molecule has 2 atom stereocenters. The van der Waals surface area contributed by atoms with Crippen molar-refractivity contribution < 1.29 is 14.2 Å². The van der Waals surface area contributed by atoms with Crippen LogP contribution in [0.5, 0.6) is 11.5 Å². The molecule has 2 unspecified atom stereocenters. The molecular weight excluding hydrogens is 242 g/mol. The van der Waals surface area contributed by atoms with Crippen molar-refractivity contribution in [2.24, 2.45) is 0 Å². The minimum absolute atomic E-state index is 0.344. The van der Waals surface area contributed by atoms with Gasteiger partial charge in [-0.2, -0.15) is 0 Å². The van der Waals surface area contributed by atoms with E-state index in [1.54, 1.807) is 0 Å². The topological polar surface area (TPSA) is 39.7 Å². The van der Waals surface area contributed by atoms with Crippen LogP contribution >= 0.6 is 0 Å². The Balaban J connectivity index is 1.63. The summed E-state index contributed by atoms with van der Waals surface area (Å²) in [6.45, 7) is 5.13. The zero-order valence-electron chi connectivity index (χ0n) is 11.4. The fourth-order valence-corrected chi connectivity index (χ4v) is 2.67. The lowest BCUT2D eigenvalue weighted by molar-refractivity contribution is 0.0830. The van der Waals surface area contributed by atoms with Crippen molar-refractivity contribution in [3.8, 4) is 11.5 Å². The van der Waals surface area contributed by atoms with Crippen LogP contribution in [0.1, 0.15) is 25.3 Å². The second-order valence-electron chi connectivity index (χ2n) is 5.16. The lowest BCUT2D eigenvalue weighted by Crippen LogP contribution is -2.36. The summed E-state index contributed by atoms with van der Waals surface area (Å²) >= 11 is 0. The molecule has 4 nitrogen and oxygen atoms in total. The van der Waals surface area contributed by atoms with Crippen LogP contribution in [0.15, 0.2) is 18.2 Å². The SMILES string of the molecule is CC(NCc1cccc2c1OCCO2)C1CCCO1. The van der Waals surface area contributed by atoms with Crippen LogP contribution < -0.4 is 14.8 Å². The van der Waals surface area contributed by atoms with Gasteiger partial charge in [-0.15, -0.1) is 0 Å². The minimum atomic E-state index is 0.344. The van der Waals surface area contributed by atoms with Gasteiger partial charge in [-0.05, 0) is 25.8 Å². The highest BCUT2D eigenvalue weighted by atomic mass is 16.6. The highest BCUT2D eigenvalue weighted by Gasteiger charge is 2.22. The van der Waals surface area contributed by atoms with E-state index in [9.17, 15) is 0 Å². The Labute approximate surface area is 114 Å². The molecule has 104 valence electrons. The number of fused-ring (bicyclic) bond motifs is 1. The lowest BCUT2D eigenvalue weighted by atomic mass is 10.1. The van der Waals surface area contributed by atoms with Gasteiger partial charge in [-0.3, -0.25) is 0 Å². The Morgan fingerprint density at radius 1 is 1.26 bits per heavy atom. The number of para-hydroxylation sites is 1. The molecular formula is C15H21NO3. The zero-order chi connectivity index (χ0) is 13.1. The van der Waals surface area contributed by atoms with Crippen molar-refractivity contribution in [3.63, 3.8) is 0 Å². The Morgan fingerprint density at radius 2 is 2.16 bits per heavy atom. The fourth-order valence-electron chi connectivity index (χ4n) is 2.67. The highest BCUT2D eigenvalue weighted by molar-refractivity contribution is 5.47. The molecule has 0 amide bonds. The monoisotopic (exact) mass is 263 g/mol. The fraction of sp³-hybridized carbons (Fsp3) is 0.600. The van der Waals surface area contributed by atoms with Crippen LogP contribution in [-0.4, -0.2) is 32.0 Å². The van der Waals surface area contributed by atoms with Crippen LogP contribution in [0.3, 0.4) is 0 Å². The van der Waals surface area contributed by atoms with Crippen molar-refractivity contribution in [2.75, 3.05) is 19.8 Å². The molecule has 1 saturated heterocycles. The average molecular weight is 263 g/mol. The number of hydrogen-bond acceptors (Lipinski definition) is 4. The van der Waals surface area contributed by atoms with Crippen LogP contribution in [0.4, 0.5) is 0 Å². The van der Waals surface area contributed by atoms with Gasteiger partial charge in [0.15, 0.2) is 11.5 Å². The first-order valence-corrected chi connectivity index (χ1v) is 7.07. The normalized spacial score (nSPS) is 23.3. The molecule has 4 heteroatoms. The molecule has 19 heavy (non-hydrogen) atoms. The van der Waals surface area contributed by atoms with Gasteiger partial charge in [0.2, 0.25) is 0 Å². The van der Waals surface area contributed by atoms with E-state index in [1.807, 2.05) is 12.1 Å². The summed E-state index contributed by atoms with van der Waals surface area (Å²) in [5.41, 5.74) is 1.15. The third-order valence-corrected chi connectivity index (χ3v) is 3.78. The van der Waals surface area contributed by atoms with Gasteiger partial charge in [0, 0.05) is 24.8 Å². The summed E-state index contributed by atoms with van der Waals surface area (Å²) < 4.78 is 17.0. The Kier molecular flexibility index (Phi) is 3.89. The first kappa shape index (κ1) is 12.8. The van der Waals surface area contributed by atoms with Gasteiger partial charge in [0.05, 0.1) is 6.10 Å². The van der Waals surface area contributed by atoms with Crippen LogP contribution in [0.2, 0.25) is 0 Å². The van der Waals surface area contributed by atoms with E-state index >= 15 is 0 Å². The maximum Gasteiger partial charge on any atom is 0.165 e. The van der Waals surface area contributed by atoms with Gasteiger partial charge in [-0.25, -0.2) is 0 Å². The van der Waals surface area contributed by atoms with E-state index in [-0.39, 0.29) is 0 Å². The quantitative estimate of drug-likeness (QED) is 0.903. The lowest BCUT2D eigenvalue weighted by Gasteiger charge is -2.23. The maximum absolute atomic E-state index is 5.72. The molecule has 2 heterocycles. The van der Waals surface area contributed by atoms with Crippen molar-refractivity contribution in [3.05, 3.63) is 23.8 Å². The first-order valence-electron chi connectivity index (χ1n) is 7.07. The number of benzene rings is 1. The van der Waals surface area contributed by atoms with Crippen molar-refractivity contribution in [1.82, 2.24) is 5.32 Å². The van der Waals surface area contributed by atoms with E-state index in [2.05, 4.69) is 18.3 Å². The van der Waals surface area contributed by atoms with Crippen LogP contribution in [0, 0.1) is 0 Å². The number of rotatable bonds is 4. The number of ether oxygens (including phenoxy) is 3. The molecule has 2 aliphatic heterocycles. The average Bonchev–Trinajstić information content (AvgIpc) is 2.99. The van der Waals surface area contributed by atoms with E-state index in [4.69, 9.17) is 14.2 Å². The Bertz CT molecular complexity index is 429. The maximum atomic E-state index is 5.72. The summed E-state index contributed by atoms with van der Waals surface area (Å²) in [6, 6.07) is 6.42. The molecule has 0 radical (unpaired) electrons. The second-order valence-corrected chi connectivity index (χ2v) is 5.16. The summed E-state index contributed by atoms with van der Waals surface area (Å²) in [5, 5.41) is 3.53. The summed E-state index contributed by atoms with van der Waals surface area (Å²) in [5.74, 6) is 1.75. The Hall–Kier alpha value is -1.26. The summed E-state index contributed by atoms with van der Waals surface area (Å²) in [4.78, 5) is 0. The van der Waals surface area contributed by atoms with Crippen molar-refractivity contribution in [1.29, 1.82) is 0 Å². The van der Waals surface area contributed by atoms with E-state index in [0.29, 0.717) is 25.4 Å². The van der Waals surface area contributed by atoms with Gasteiger partial charge in [0.25, 0.3) is 0 Å². The molecule has 0 aromatic heterocycles. The third kappa shape index (κ3) is 2.85. The van der Waals surface area contributed by atoms with Crippen LogP contribution in [-0.2, 0) is 11.3 Å². The van der Waals surface area contributed by atoms with Gasteiger partial charge < -0.3 is 19.5 Å². The van der Waals surface area contributed by atoms with Gasteiger partial charge in [-0.1, -0.05) is 12.1 Å². The second kappa shape index (κ2) is 5.80. The molecule has 1 N–H and O–H groups in total. The van der Waals surface area contributed by atoms with Gasteiger partial charge >= 0.3 is 0 Å². The molecule has 3 rings (SSSR count). The number of hydrogen-bond donors (Lipinski definition) is 1. The number of nitrogens with one attached hydrogen (secondary N) is 1. The molecule has 1 fully saturated rings. The minimum Gasteiger partial charge on any atom is -0.486 e. The molecule has 0 spiro atoms. The smallest absolute Gasteiger partial charge is 0.165 e. The molecule has 0 aliphatic carbocycles. The molecule has 1 aromatic carbocycles. The summed E-state index contributed by atoms with van der Waals surface area (Å²) in [6.07, 6.45) is 2.67. The Morgan fingerprint density at radius 3 is 3.00 bits per heavy atom. The third-order valence-electron chi connectivity index (χ3n) is 3.78. The first-order chi connectivity index (χ1) is 9.34. The predicted octanol–water partition coefficient (Wildman–Crippen LogP) is 2.11. The molecule has 0 saturated carbocycles. The van der Waals surface area contributed by atoms with Crippen molar-refractivity contribution in [2.45, 2.75) is 38.5 Å². The van der Waals surface area contributed by atoms with E-state index in [0.717, 1.165) is 36.6 Å². The van der Waals surface area contributed by atoms with E-state index < -0.39 is 0 Å². The van der Waals surface area contributed by atoms with E-state index in [1.165, 1.54) is 6.42 Å². The van der Waals surface area contributed by atoms with Crippen LogP contribution in [0.25, 0.3) is 0 Å². The highest BCUT2D eigenvalue weighted by Crippen LogP contribution is 2.33. The standard InChI is InChI=1S/C15H21NO3/c1-11(13-6-3-7-17-13)16-10-12-4-2-5-14-15(12)19-9-8-18-14/h2,4-5,11,13,16H,3,6-10H2,1H3. The molecule has 2 aliphatic rings. The predicted molar refractivity (Wildman–Crippen MR) is 72.7 cm³/mol. The zero-order valence-corrected chi connectivity index (χ0v) is 11.4. The van der Waals surface area contributed by atoms with Gasteiger partial charge in [0.1, 0.15) is 13.2 Å².